The van der Waals surface area contributed by atoms with E-state index in [-0.39, 0.29) is 12.0 Å². The van der Waals surface area contributed by atoms with Gasteiger partial charge in [0.05, 0.1) is 7.11 Å². The molecule has 2 heterocycles. The molecule has 2 N–H and O–H groups in total. The number of guanidine groups is 1. The molecule has 2 aromatic rings. The first-order valence-corrected chi connectivity index (χ1v) is 11.3. The second-order valence-corrected chi connectivity index (χ2v) is 8.30. The number of amides is 1. The van der Waals surface area contributed by atoms with E-state index in [0.29, 0.717) is 19.1 Å². The van der Waals surface area contributed by atoms with Crippen LogP contribution >= 0.6 is 0 Å². The Balaban J connectivity index is 1.31. The Bertz CT molecular complexity index is 938. The Morgan fingerprint density at radius 1 is 1.22 bits per heavy atom. The number of likely N-dealkylation sites (tertiary alicyclic amines) is 1. The summed E-state index contributed by atoms with van der Waals surface area (Å²) in [6.45, 7) is 3.20. The molecule has 2 saturated heterocycles. The molecule has 170 valence electrons. The minimum Gasteiger partial charge on any atom is -0.497 e. The molecule has 2 aromatic carbocycles. The molecule has 7 nitrogen and oxygen atoms in total. The summed E-state index contributed by atoms with van der Waals surface area (Å²) in [4.78, 5) is 19.1. The standard InChI is InChI=1S/C25H32N4O3/c1-26-25(29-13-12-20(17-29)19-8-10-22(31-2)11-9-19)27-16-18-5-3-6-21(15-18)28-24(30)23-7-4-14-32-23/h3,5-6,8-11,15,20,23H,4,7,12-14,16-17H2,1-2H3,(H,26,27)(H,28,30). The van der Waals surface area contributed by atoms with Crippen LogP contribution in [0.3, 0.4) is 0 Å². The molecule has 2 aliphatic rings. The van der Waals surface area contributed by atoms with Crippen LogP contribution in [0.1, 0.15) is 36.3 Å². The van der Waals surface area contributed by atoms with E-state index in [9.17, 15) is 4.79 Å². The predicted octanol–water partition coefficient (Wildman–Crippen LogP) is 3.38. The van der Waals surface area contributed by atoms with Gasteiger partial charge in [0.1, 0.15) is 11.9 Å². The van der Waals surface area contributed by atoms with E-state index in [1.807, 2.05) is 43.4 Å². The maximum atomic E-state index is 12.3. The maximum Gasteiger partial charge on any atom is 0.253 e. The van der Waals surface area contributed by atoms with Gasteiger partial charge in [0, 0.05) is 44.9 Å². The first-order chi connectivity index (χ1) is 15.7. The van der Waals surface area contributed by atoms with Gasteiger partial charge >= 0.3 is 0 Å². The van der Waals surface area contributed by atoms with Crippen molar-refractivity contribution in [3.63, 3.8) is 0 Å². The largest absolute Gasteiger partial charge is 0.497 e. The molecule has 7 heteroatoms. The maximum absolute atomic E-state index is 12.3. The smallest absolute Gasteiger partial charge is 0.253 e. The van der Waals surface area contributed by atoms with Crippen molar-refractivity contribution in [3.05, 3.63) is 59.7 Å². The SMILES string of the molecule is CN=C(NCc1cccc(NC(=O)C2CCCO2)c1)N1CCC(c2ccc(OC)cc2)C1. The quantitative estimate of drug-likeness (QED) is 0.536. The van der Waals surface area contributed by atoms with Crippen molar-refractivity contribution in [1.29, 1.82) is 0 Å². The average Bonchev–Trinajstić information content (AvgIpc) is 3.53. The van der Waals surface area contributed by atoms with Crippen LogP contribution in [-0.4, -0.2) is 56.7 Å². The fourth-order valence-electron chi connectivity index (χ4n) is 4.38. The molecule has 1 amide bonds. The third-order valence-corrected chi connectivity index (χ3v) is 6.15. The third kappa shape index (κ3) is 5.40. The highest BCUT2D eigenvalue weighted by molar-refractivity contribution is 5.94. The Labute approximate surface area is 189 Å². The van der Waals surface area contributed by atoms with Crippen molar-refractivity contribution in [2.45, 2.75) is 37.8 Å². The van der Waals surface area contributed by atoms with E-state index < -0.39 is 0 Å². The van der Waals surface area contributed by atoms with Crippen molar-refractivity contribution < 1.29 is 14.3 Å². The molecule has 0 aromatic heterocycles. The highest BCUT2D eigenvalue weighted by Gasteiger charge is 2.26. The van der Waals surface area contributed by atoms with E-state index in [1.54, 1.807) is 7.11 Å². The van der Waals surface area contributed by atoms with Gasteiger partial charge in [0.2, 0.25) is 0 Å². The molecule has 0 saturated carbocycles. The number of carbonyl (C=O) groups is 1. The zero-order valence-electron chi connectivity index (χ0n) is 18.8. The highest BCUT2D eigenvalue weighted by atomic mass is 16.5. The zero-order chi connectivity index (χ0) is 22.3. The summed E-state index contributed by atoms with van der Waals surface area (Å²) >= 11 is 0. The average molecular weight is 437 g/mol. The minimum atomic E-state index is -0.329. The second kappa shape index (κ2) is 10.5. The predicted molar refractivity (Wildman–Crippen MR) is 126 cm³/mol. The summed E-state index contributed by atoms with van der Waals surface area (Å²) in [5.41, 5.74) is 3.21. The van der Waals surface area contributed by atoms with Crippen molar-refractivity contribution in [2.24, 2.45) is 4.99 Å². The molecule has 32 heavy (non-hydrogen) atoms. The number of aliphatic imine (C=N–C) groups is 1. The Morgan fingerprint density at radius 2 is 2.06 bits per heavy atom. The topological polar surface area (TPSA) is 75.2 Å². The molecular formula is C25H32N4O3. The Hall–Kier alpha value is -3.06. The first-order valence-electron chi connectivity index (χ1n) is 11.3. The van der Waals surface area contributed by atoms with Gasteiger partial charge < -0.3 is 25.0 Å². The van der Waals surface area contributed by atoms with Gasteiger partial charge in [-0.2, -0.15) is 0 Å². The number of nitrogens with one attached hydrogen (secondary N) is 2. The van der Waals surface area contributed by atoms with E-state index in [4.69, 9.17) is 9.47 Å². The van der Waals surface area contributed by atoms with Gasteiger partial charge in [0.25, 0.3) is 5.91 Å². The zero-order valence-corrected chi connectivity index (χ0v) is 18.8. The van der Waals surface area contributed by atoms with Gasteiger partial charge in [-0.15, -0.1) is 0 Å². The third-order valence-electron chi connectivity index (χ3n) is 6.15. The number of methoxy groups -OCH3 is 1. The van der Waals surface area contributed by atoms with E-state index >= 15 is 0 Å². The molecule has 2 atom stereocenters. The Morgan fingerprint density at radius 3 is 2.78 bits per heavy atom. The molecule has 0 aliphatic carbocycles. The summed E-state index contributed by atoms with van der Waals surface area (Å²) < 4.78 is 10.7. The minimum absolute atomic E-state index is 0.0648. The van der Waals surface area contributed by atoms with Crippen molar-refractivity contribution in [3.8, 4) is 5.75 Å². The Kier molecular flexibility index (Phi) is 7.27. The second-order valence-electron chi connectivity index (χ2n) is 8.30. The van der Waals surface area contributed by atoms with Gasteiger partial charge in [-0.05, 0) is 54.7 Å². The van der Waals surface area contributed by atoms with Crippen LogP contribution in [-0.2, 0) is 16.1 Å². The summed E-state index contributed by atoms with van der Waals surface area (Å²) in [6.07, 6.45) is 2.50. The summed E-state index contributed by atoms with van der Waals surface area (Å²) in [5, 5.41) is 6.44. The van der Waals surface area contributed by atoms with Crippen LogP contribution in [0.25, 0.3) is 0 Å². The number of nitrogens with zero attached hydrogens (tertiary/aromatic N) is 2. The molecule has 2 fully saturated rings. The lowest BCUT2D eigenvalue weighted by Gasteiger charge is -2.22. The number of rotatable bonds is 6. The number of benzene rings is 2. The lowest BCUT2D eigenvalue weighted by atomic mass is 9.98. The van der Waals surface area contributed by atoms with Crippen LogP contribution in [0.2, 0.25) is 0 Å². The molecule has 4 rings (SSSR count). The number of hydrogen-bond acceptors (Lipinski definition) is 4. The van der Waals surface area contributed by atoms with E-state index in [0.717, 1.165) is 55.3 Å². The van der Waals surface area contributed by atoms with Gasteiger partial charge in [-0.3, -0.25) is 9.79 Å². The summed E-state index contributed by atoms with van der Waals surface area (Å²) in [7, 11) is 3.51. The lowest BCUT2D eigenvalue weighted by Crippen LogP contribution is -2.39. The number of ether oxygens (including phenoxy) is 2. The lowest BCUT2D eigenvalue weighted by molar-refractivity contribution is -0.124. The molecule has 2 unspecified atom stereocenters. The van der Waals surface area contributed by atoms with Crippen LogP contribution in [0, 0.1) is 0 Å². The van der Waals surface area contributed by atoms with Crippen LogP contribution < -0.4 is 15.4 Å². The molecule has 0 spiro atoms. The van der Waals surface area contributed by atoms with Crippen molar-refractivity contribution in [1.82, 2.24) is 10.2 Å². The van der Waals surface area contributed by atoms with Crippen LogP contribution in [0.4, 0.5) is 5.69 Å². The fraction of sp³-hybridized carbons (Fsp3) is 0.440. The molecule has 0 radical (unpaired) electrons. The monoisotopic (exact) mass is 436 g/mol. The van der Waals surface area contributed by atoms with Crippen LogP contribution in [0.15, 0.2) is 53.5 Å². The molecule has 0 bridgehead atoms. The van der Waals surface area contributed by atoms with Gasteiger partial charge in [-0.1, -0.05) is 24.3 Å². The van der Waals surface area contributed by atoms with Gasteiger partial charge in [0.15, 0.2) is 5.96 Å². The molecule has 2 aliphatic heterocycles. The number of hydrogen-bond donors (Lipinski definition) is 2. The van der Waals surface area contributed by atoms with Crippen molar-refractivity contribution in [2.75, 3.05) is 39.2 Å². The summed E-state index contributed by atoms with van der Waals surface area (Å²) in [5.74, 6) is 2.20. The number of carbonyl (C=O) groups excluding carboxylic acids is 1. The number of anilines is 1. The van der Waals surface area contributed by atoms with E-state index in [1.165, 1.54) is 5.56 Å². The van der Waals surface area contributed by atoms with Crippen molar-refractivity contribution >= 4 is 17.6 Å². The molecular weight excluding hydrogens is 404 g/mol. The highest BCUT2D eigenvalue weighted by Crippen LogP contribution is 2.28. The van der Waals surface area contributed by atoms with E-state index in [2.05, 4.69) is 32.7 Å². The summed E-state index contributed by atoms with van der Waals surface area (Å²) in [6, 6.07) is 16.3. The normalized spacial score (nSPS) is 20.9. The van der Waals surface area contributed by atoms with Gasteiger partial charge in [-0.25, -0.2) is 0 Å². The first kappa shape index (κ1) is 22.1. The van der Waals surface area contributed by atoms with Crippen LogP contribution in [0.5, 0.6) is 5.75 Å². The fourth-order valence-corrected chi connectivity index (χ4v) is 4.38.